The van der Waals surface area contributed by atoms with Gasteiger partial charge in [-0.1, -0.05) is 13.3 Å². The van der Waals surface area contributed by atoms with Crippen LogP contribution in [0.3, 0.4) is 0 Å². The van der Waals surface area contributed by atoms with Crippen molar-refractivity contribution in [1.29, 1.82) is 0 Å². The van der Waals surface area contributed by atoms with Gasteiger partial charge in [0.25, 0.3) is 5.91 Å². The van der Waals surface area contributed by atoms with Crippen LogP contribution >= 0.6 is 11.8 Å². The molecule has 140 valence electrons. The molecule has 0 saturated heterocycles. The number of nitrogens with zero attached hydrogens (tertiary/aromatic N) is 1. The largest absolute Gasteiger partial charge is 0.322 e. The number of sulfonamides is 1. The van der Waals surface area contributed by atoms with Crippen LogP contribution in [0.15, 0.2) is 58.3 Å². The standard InChI is InChI=1S/C19H24N2O3S2/c1-4-5-14-21(2)26(23,24)18-12-8-16(9-13-18)20-19(22)15-6-10-17(25-3)11-7-15/h6-13H,4-5,14H2,1-3H3,(H,20,22). The summed E-state index contributed by atoms with van der Waals surface area (Å²) in [5, 5.41) is 2.78. The maximum absolute atomic E-state index is 12.5. The molecule has 0 aromatic heterocycles. The Bertz CT molecular complexity index is 832. The molecule has 0 aliphatic carbocycles. The molecule has 0 saturated carbocycles. The maximum atomic E-state index is 12.5. The summed E-state index contributed by atoms with van der Waals surface area (Å²) < 4.78 is 26.3. The van der Waals surface area contributed by atoms with E-state index >= 15 is 0 Å². The van der Waals surface area contributed by atoms with Crippen molar-refractivity contribution in [3.63, 3.8) is 0 Å². The smallest absolute Gasteiger partial charge is 0.255 e. The molecule has 5 nitrogen and oxygen atoms in total. The van der Waals surface area contributed by atoms with Gasteiger partial charge in [-0.2, -0.15) is 0 Å². The highest BCUT2D eigenvalue weighted by atomic mass is 32.2. The second-order valence-corrected chi connectivity index (χ2v) is 8.81. The van der Waals surface area contributed by atoms with Crippen LogP contribution in [0.1, 0.15) is 30.1 Å². The Morgan fingerprint density at radius 1 is 1.08 bits per heavy atom. The summed E-state index contributed by atoms with van der Waals surface area (Å²) in [6.07, 6.45) is 3.73. The highest BCUT2D eigenvalue weighted by Gasteiger charge is 2.20. The van der Waals surface area contributed by atoms with Gasteiger partial charge in [-0.3, -0.25) is 4.79 Å². The van der Waals surface area contributed by atoms with Crippen molar-refractivity contribution < 1.29 is 13.2 Å². The first-order valence-corrected chi connectivity index (χ1v) is 11.1. The number of nitrogens with one attached hydrogen (secondary N) is 1. The van der Waals surface area contributed by atoms with Crippen LogP contribution < -0.4 is 5.32 Å². The van der Waals surface area contributed by atoms with Crippen LogP contribution in [-0.2, 0) is 10.0 Å². The van der Waals surface area contributed by atoms with Gasteiger partial charge in [-0.05, 0) is 61.2 Å². The average molecular weight is 393 g/mol. The minimum Gasteiger partial charge on any atom is -0.322 e. The number of carbonyl (C=O) groups is 1. The van der Waals surface area contributed by atoms with Gasteiger partial charge in [0.1, 0.15) is 0 Å². The number of benzene rings is 2. The van der Waals surface area contributed by atoms with Gasteiger partial charge < -0.3 is 5.32 Å². The van der Waals surface area contributed by atoms with E-state index in [2.05, 4.69) is 5.32 Å². The van der Waals surface area contributed by atoms with Crippen molar-refractivity contribution in [2.75, 3.05) is 25.2 Å². The van der Waals surface area contributed by atoms with Crippen molar-refractivity contribution in [3.05, 3.63) is 54.1 Å². The number of rotatable bonds is 8. The molecule has 0 fully saturated rings. The molecule has 2 aromatic carbocycles. The third kappa shape index (κ3) is 5.09. The zero-order valence-electron chi connectivity index (χ0n) is 15.2. The normalized spacial score (nSPS) is 11.5. The lowest BCUT2D eigenvalue weighted by Crippen LogP contribution is -2.27. The number of thioether (sulfide) groups is 1. The highest BCUT2D eigenvalue weighted by molar-refractivity contribution is 7.98. The fourth-order valence-electron chi connectivity index (χ4n) is 2.34. The van der Waals surface area contributed by atoms with Crippen LogP contribution in [-0.4, -0.2) is 38.5 Å². The first kappa shape index (κ1) is 20.5. The molecular weight excluding hydrogens is 368 g/mol. The van der Waals surface area contributed by atoms with E-state index in [0.717, 1.165) is 17.7 Å². The Balaban J connectivity index is 2.07. The van der Waals surface area contributed by atoms with Gasteiger partial charge in [-0.15, -0.1) is 11.8 Å². The van der Waals surface area contributed by atoms with Gasteiger partial charge in [0.05, 0.1) is 4.90 Å². The molecule has 0 aliphatic rings. The van der Waals surface area contributed by atoms with E-state index in [0.29, 0.717) is 17.8 Å². The van der Waals surface area contributed by atoms with Gasteiger partial charge >= 0.3 is 0 Å². The summed E-state index contributed by atoms with van der Waals surface area (Å²) in [6, 6.07) is 13.6. The molecule has 2 rings (SSSR count). The van der Waals surface area contributed by atoms with Crippen molar-refractivity contribution in [2.24, 2.45) is 0 Å². The van der Waals surface area contributed by atoms with Crippen LogP contribution in [0.2, 0.25) is 0 Å². The Kier molecular flexibility index (Phi) is 7.25. The average Bonchev–Trinajstić information content (AvgIpc) is 2.66. The summed E-state index contributed by atoms with van der Waals surface area (Å²) in [7, 11) is -1.92. The third-order valence-corrected chi connectivity index (χ3v) is 6.61. The zero-order valence-corrected chi connectivity index (χ0v) is 16.9. The number of unbranched alkanes of at least 4 members (excludes halogenated alkanes) is 1. The Labute approximate surface area is 159 Å². The Morgan fingerprint density at radius 3 is 2.23 bits per heavy atom. The first-order chi connectivity index (χ1) is 12.4. The molecule has 7 heteroatoms. The van der Waals surface area contributed by atoms with Gasteiger partial charge in [0.2, 0.25) is 10.0 Å². The topological polar surface area (TPSA) is 66.5 Å². The fourth-order valence-corrected chi connectivity index (χ4v) is 3.95. The lowest BCUT2D eigenvalue weighted by Gasteiger charge is -2.17. The molecule has 1 N–H and O–H groups in total. The molecule has 1 amide bonds. The number of carbonyl (C=O) groups excluding carboxylic acids is 1. The van der Waals surface area contributed by atoms with Gasteiger partial charge in [0.15, 0.2) is 0 Å². The van der Waals surface area contributed by atoms with E-state index in [9.17, 15) is 13.2 Å². The van der Waals surface area contributed by atoms with E-state index in [-0.39, 0.29) is 10.8 Å². The molecule has 0 bridgehead atoms. The molecule has 0 unspecified atom stereocenters. The molecule has 0 spiro atoms. The number of hydrogen-bond acceptors (Lipinski definition) is 4. The number of amides is 1. The molecule has 0 aliphatic heterocycles. The summed E-state index contributed by atoms with van der Waals surface area (Å²) in [6.45, 7) is 2.51. The van der Waals surface area contributed by atoms with E-state index in [1.54, 1.807) is 43.1 Å². The summed E-state index contributed by atoms with van der Waals surface area (Å²) in [5.74, 6) is -0.228. The van der Waals surface area contributed by atoms with Crippen molar-refractivity contribution in [2.45, 2.75) is 29.6 Å². The summed E-state index contributed by atoms with van der Waals surface area (Å²) in [4.78, 5) is 13.6. The van der Waals surface area contributed by atoms with Gasteiger partial charge in [0, 0.05) is 29.7 Å². The van der Waals surface area contributed by atoms with Crippen LogP contribution in [0.5, 0.6) is 0 Å². The van der Waals surface area contributed by atoms with E-state index < -0.39 is 10.0 Å². The van der Waals surface area contributed by atoms with E-state index in [4.69, 9.17) is 0 Å². The van der Waals surface area contributed by atoms with Crippen molar-refractivity contribution >= 4 is 33.4 Å². The summed E-state index contributed by atoms with van der Waals surface area (Å²) >= 11 is 1.61. The maximum Gasteiger partial charge on any atom is 0.255 e. The van der Waals surface area contributed by atoms with Crippen LogP contribution in [0.25, 0.3) is 0 Å². The number of hydrogen-bond donors (Lipinski definition) is 1. The first-order valence-electron chi connectivity index (χ1n) is 8.40. The third-order valence-electron chi connectivity index (χ3n) is 4.00. The predicted molar refractivity (Wildman–Crippen MR) is 107 cm³/mol. The molecule has 0 heterocycles. The fraction of sp³-hybridized carbons (Fsp3) is 0.316. The number of anilines is 1. The molecule has 0 atom stereocenters. The monoisotopic (exact) mass is 392 g/mol. The SMILES string of the molecule is CCCCN(C)S(=O)(=O)c1ccc(NC(=O)c2ccc(SC)cc2)cc1. The van der Waals surface area contributed by atoms with E-state index in [1.807, 2.05) is 25.3 Å². The minimum absolute atomic E-state index is 0.221. The minimum atomic E-state index is -3.50. The lowest BCUT2D eigenvalue weighted by molar-refractivity contribution is 0.102. The highest BCUT2D eigenvalue weighted by Crippen LogP contribution is 2.19. The van der Waals surface area contributed by atoms with Crippen LogP contribution in [0.4, 0.5) is 5.69 Å². The summed E-state index contributed by atoms with van der Waals surface area (Å²) in [5.41, 5.74) is 1.11. The van der Waals surface area contributed by atoms with Crippen LogP contribution in [0, 0.1) is 0 Å². The molecule has 0 radical (unpaired) electrons. The molecular formula is C19H24N2O3S2. The Morgan fingerprint density at radius 2 is 1.69 bits per heavy atom. The predicted octanol–water partition coefficient (Wildman–Crippen LogP) is 4.08. The molecule has 2 aromatic rings. The second kappa shape index (κ2) is 9.21. The zero-order chi connectivity index (χ0) is 19.2. The van der Waals surface area contributed by atoms with Crippen molar-refractivity contribution in [3.8, 4) is 0 Å². The Hall–Kier alpha value is -1.83. The lowest BCUT2D eigenvalue weighted by atomic mass is 10.2. The molecule has 26 heavy (non-hydrogen) atoms. The van der Waals surface area contributed by atoms with Crippen molar-refractivity contribution in [1.82, 2.24) is 4.31 Å². The van der Waals surface area contributed by atoms with Gasteiger partial charge in [-0.25, -0.2) is 12.7 Å². The van der Waals surface area contributed by atoms with E-state index in [1.165, 1.54) is 16.4 Å². The quantitative estimate of drug-likeness (QED) is 0.688. The second-order valence-electron chi connectivity index (χ2n) is 5.89.